The van der Waals surface area contributed by atoms with E-state index in [2.05, 4.69) is 4.90 Å². The highest BCUT2D eigenvalue weighted by Crippen LogP contribution is 2.19. The summed E-state index contributed by atoms with van der Waals surface area (Å²) in [7, 11) is 0. The van der Waals surface area contributed by atoms with Crippen LogP contribution >= 0.6 is 0 Å². The van der Waals surface area contributed by atoms with E-state index in [4.69, 9.17) is 10.5 Å². The zero-order valence-corrected chi connectivity index (χ0v) is 10.7. The first-order chi connectivity index (χ1) is 8.75. The summed E-state index contributed by atoms with van der Waals surface area (Å²) in [6, 6.07) is 4.54. The number of hydrogen-bond acceptors (Lipinski definition) is 3. The first-order valence-electron chi connectivity index (χ1n) is 6.66. The van der Waals surface area contributed by atoms with Gasteiger partial charge in [-0.25, -0.2) is 4.39 Å². The van der Waals surface area contributed by atoms with Gasteiger partial charge in [-0.05, 0) is 44.5 Å². The van der Waals surface area contributed by atoms with Gasteiger partial charge in [0.25, 0.3) is 0 Å². The van der Waals surface area contributed by atoms with Gasteiger partial charge in [0.15, 0.2) is 11.6 Å². The van der Waals surface area contributed by atoms with E-state index in [0.29, 0.717) is 18.0 Å². The Bertz CT molecular complexity index is 378. The first kappa shape index (κ1) is 13.1. The summed E-state index contributed by atoms with van der Waals surface area (Å²) in [6.07, 6.45) is 4.88. The van der Waals surface area contributed by atoms with Crippen molar-refractivity contribution >= 4 is 5.69 Å². The summed E-state index contributed by atoms with van der Waals surface area (Å²) in [5.41, 5.74) is 5.90. The largest absolute Gasteiger partial charge is 0.490 e. The Morgan fingerprint density at radius 2 is 2.00 bits per heavy atom. The molecule has 2 rings (SSSR count). The van der Waals surface area contributed by atoms with Gasteiger partial charge in [-0.1, -0.05) is 6.42 Å². The summed E-state index contributed by atoms with van der Waals surface area (Å²) in [4.78, 5) is 2.45. The SMILES string of the molecule is Nc1ccc(OCCCN2CCCCC2)c(F)c1. The van der Waals surface area contributed by atoms with Crippen molar-refractivity contribution in [3.05, 3.63) is 24.0 Å². The van der Waals surface area contributed by atoms with Crippen LogP contribution in [0.4, 0.5) is 10.1 Å². The number of anilines is 1. The number of rotatable bonds is 5. The van der Waals surface area contributed by atoms with Gasteiger partial charge in [-0.3, -0.25) is 0 Å². The van der Waals surface area contributed by atoms with Crippen LogP contribution in [0, 0.1) is 5.82 Å². The Balaban J connectivity index is 1.68. The van der Waals surface area contributed by atoms with Crippen LogP contribution in [0.25, 0.3) is 0 Å². The predicted octanol–water partition coefficient (Wildman–Crippen LogP) is 2.66. The monoisotopic (exact) mass is 252 g/mol. The molecule has 0 aromatic heterocycles. The van der Waals surface area contributed by atoms with Crippen molar-refractivity contribution in [2.45, 2.75) is 25.7 Å². The lowest BCUT2D eigenvalue weighted by molar-refractivity contribution is 0.203. The Hall–Kier alpha value is -1.29. The molecule has 2 N–H and O–H groups in total. The molecule has 1 aromatic rings. The van der Waals surface area contributed by atoms with Crippen LogP contribution in [0.3, 0.4) is 0 Å². The fourth-order valence-corrected chi connectivity index (χ4v) is 2.29. The van der Waals surface area contributed by atoms with E-state index in [1.165, 1.54) is 38.4 Å². The third-order valence-corrected chi connectivity index (χ3v) is 3.28. The molecule has 0 saturated carbocycles. The van der Waals surface area contributed by atoms with E-state index < -0.39 is 0 Å². The van der Waals surface area contributed by atoms with Gasteiger partial charge in [-0.15, -0.1) is 0 Å². The molecule has 0 atom stereocenters. The minimum atomic E-state index is -0.382. The topological polar surface area (TPSA) is 38.5 Å². The lowest BCUT2D eigenvalue weighted by atomic mass is 10.1. The van der Waals surface area contributed by atoms with E-state index in [9.17, 15) is 4.39 Å². The van der Waals surface area contributed by atoms with E-state index in [1.54, 1.807) is 12.1 Å². The average Bonchev–Trinajstić information content (AvgIpc) is 2.38. The maximum absolute atomic E-state index is 13.4. The number of nitrogen functional groups attached to an aromatic ring is 1. The highest BCUT2D eigenvalue weighted by molar-refractivity contribution is 5.42. The van der Waals surface area contributed by atoms with E-state index in [1.807, 2.05) is 0 Å². The number of nitrogens with zero attached hydrogens (tertiary/aromatic N) is 1. The standard InChI is InChI=1S/C14H21FN2O/c15-13-11-12(16)5-6-14(13)18-10-4-9-17-7-2-1-3-8-17/h5-6,11H,1-4,7-10,16H2. The highest BCUT2D eigenvalue weighted by atomic mass is 19.1. The van der Waals surface area contributed by atoms with Gasteiger partial charge >= 0.3 is 0 Å². The summed E-state index contributed by atoms with van der Waals surface area (Å²) >= 11 is 0. The minimum Gasteiger partial charge on any atom is -0.490 e. The van der Waals surface area contributed by atoms with Crippen molar-refractivity contribution in [3.63, 3.8) is 0 Å². The molecule has 1 fully saturated rings. The molecule has 1 aliphatic heterocycles. The van der Waals surface area contributed by atoms with Gasteiger partial charge in [-0.2, -0.15) is 0 Å². The van der Waals surface area contributed by atoms with E-state index in [0.717, 1.165) is 13.0 Å². The van der Waals surface area contributed by atoms with Gasteiger partial charge in [0.2, 0.25) is 0 Å². The molecule has 0 unspecified atom stereocenters. The van der Waals surface area contributed by atoms with E-state index in [-0.39, 0.29) is 5.82 Å². The lowest BCUT2D eigenvalue weighted by Gasteiger charge is -2.26. The molecule has 0 radical (unpaired) electrons. The zero-order chi connectivity index (χ0) is 12.8. The maximum atomic E-state index is 13.4. The zero-order valence-electron chi connectivity index (χ0n) is 10.7. The third kappa shape index (κ3) is 3.88. The molecule has 0 amide bonds. The van der Waals surface area contributed by atoms with Gasteiger partial charge in [0, 0.05) is 18.3 Å². The van der Waals surface area contributed by atoms with Gasteiger partial charge < -0.3 is 15.4 Å². The van der Waals surface area contributed by atoms with Gasteiger partial charge in [0.05, 0.1) is 6.61 Å². The molecule has 0 bridgehead atoms. The number of hydrogen-bond donors (Lipinski definition) is 1. The Labute approximate surface area is 108 Å². The second kappa shape index (κ2) is 6.59. The van der Waals surface area contributed by atoms with E-state index >= 15 is 0 Å². The van der Waals surface area contributed by atoms with Crippen LogP contribution in [0.15, 0.2) is 18.2 Å². The maximum Gasteiger partial charge on any atom is 0.167 e. The number of halogens is 1. The third-order valence-electron chi connectivity index (χ3n) is 3.28. The smallest absolute Gasteiger partial charge is 0.167 e. The normalized spacial score (nSPS) is 16.7. The molecule has 4 heteroatoms. The molecule has 0 spiro atoms. The summed E-state index contributed by atoms with van der Waals surface area (Å²) in [5, 5.41) is 0. The molecule has 0 aliphatic carbocycles. The molecule has 3 nitrogen and oxygen atoms in total. The molecule has 1 heterocycles. The molecule has 1 aliphatic rings. The number of nitrogens with two attached hydrogens (primary N) is 1. The number of piperidine rings is 1. The van der Waals surface area contributed by atoms with Crippen LogP contribution < -0.4 is 10.5 Å². The van der Waals surface area contributed by atoms with Crippen molar-refractivity contribution in [2.75, 3.05) is 32.0 Å². The molecule has 100 valence electrons. The quantitative estimate of drug-likeness (QED) is 0.647. The Morgan fingerprint density at radius 3 is 2.72 bits per heavy atom. The van der Waals surface area contributed by atoms with Crippen LogP contribution in [0.5, 0.6) is 5.75 Å². The molecular weight excluding hydrogens is 231 g/mol. The molecule has 18 heavy (non-hydrogen) atoms. The summed E-state index contributed by atoms with van der Waals surface area (Å²) in [5.74, 6) is -0.0872. The fourth-order valence-electron chi connectivity index (χ4n) is 2.29. The number of benzene rings is 1. The number of ether oxygens (including phenoxy) is 1. The second-order valence-corrected chi connectivity index (χ2v) is 4.79. The molecular formula is C14H21FN2O. The van der Waals surface area contributed by atoms with Gasteiger partial charge in [0.1, 0.15) is 0 Å². The molecule has 1 saturated heterocycles. The van der Waals surface area contributed by atoms with Crippen LogP contribution in [-0.4, -0.2) is 31.1 Å². The average molecular weight is 252 g/mol. The van der Waals surface area contributed by atoms with Crippen molar-refractivity contribution in [2.24, 2.45) is 0 Å². The second-order valence-electron chi connectivity index (χ2n) is 4.79. The minimum absolute atomic E-state index is 0.294. The van der Waals surface area contributed by atoms with Crippen molar-refractivity contribution in [1.29, 1.82) is 0 Å². The molecule has 1 aromatic carbocycles. The Morgan fingerprint density at radius 1 is 1.22 bits per heavy atom. The first-order valence-corrected chi connectivity index (χ1v) is 6.66. The van der Waals surface area contributed by atoms with Crippen LogP contribution in [0.1, 0.15) is 25.7 Å². The van der Waals surface area contributed by atoms with Crippen molar-refractivity contribution in [3.8, 4) is 5.75 Å². The number of likely N-dealkylation sites (tertiary alicyclic amines) is 1. The predicted molar refractivity (Wildman–Crippen MR) is 71.2 cm³/mol. The fraction of sp³-hybridized carbons (Fsp3) is 0.571. The summed E-state index contributed by atoms with van der Waals surface area (Å²) < 4.78 is 18.8. The van der Waals surface area contributed by atoms with Crippen LogP contribution in [0.2, 0.25) is 0 Å². The van der Waals surface area contributed by atoms with Crippen molar-refractivity contribution in [1.82, 2.24) is 4.90 Å². The lowest BCUT2D eigenvalue weighted by Crippen LogP contribution is -2.31. The highest BCUT2D eigenvalue weighted by Gasteiger charge is 2.09. The Kier molecular flexibility index (Phi) is 4.81. The summed E-state index contributed by atoms with van der Waals surface area (Å²) in [6.45, 7) is 3.97. The van der Waals surface area contributed by atoms with Crippen molar-refractivity contribution < 1.29 is 9.13 Å². The van der Waals surface area contributed by atoms with Crippen LogP contribution in [-0.2, 0) is 0 Å².